The Morgan fingerprint density at radius 2 is 2.25 bits per heavy atom. The molecule has 2 rings (SSSR count). The lowest BCUT2D eigenvalue weighted by molar-refractivity contribution is 0.312. The molecular formula is C13H17ClN4O2. The number of nitrogens with one attached hydrogen (secondary N) is 1. The highest BCUT2D eigenvalue weighted by molar-refractivity contribution is 6.28. The second-order valence-corrected chi connectivity index (χ2v) is 4.65. The van der Waals surface area contributed by atoms with Gasteiger partial charge in [0.15, 0.2) is 0 Å². The fourth-order valence-electron chi connectivity index (χ4n) is 1.70. The molecule has 0 aliphatic heterocycles. The number of anilines is 1. The molecule has 0 bridgehead atoms. The van der Waals surface area contributed by atoms with Crippen molar-refractivity contribution in [2.75, 3.05) is 11.9 Å². The zero-order valence-corrected chi connectivity index (χ0v) is 12.2. The highest BCUT2D eigenvalue weighted by Gasteiger charge is 2.09. The predicted octanol–water partition coefficient (Wildman–Crippen LogP) is 2.95. The van der Waals surface area contributed by atoms with Crippen molar-refractivity contribution >= 4 is 17.5 Å². The Balaban J connectivity index is 1.91. The number of rotatable bonds is 7. The molecule has 1 N–H and O–H groups in total. The van der Waals surface area contributed by atoms with Crippen LogP contribution in [0.5, 0.6) is 6.01 Å². The lowest BCUT2D eigenvalue weighted by Gasteiger charge is -2.13. The van der Waals surface area contributed by atoms with E-state index in [1.54, 1.807) is 6.26 Å². The van der Waals surface area contributed by atoms with Crippen molar-refractivity contribution in [3.8, 4) is 6.01 Å². The minimum absolute atomic E-state index is 0.115. The topological polar surface area (TPSA) is 73.1 Å². The second kappa shape index (κ2) is 7.09. The van der Waals surface area contributed by atoms with E-state index >= 15 is 0 Å². The third-order valence-corrected chi connectivity index (χ3v) is 2.81. The van der Waals surface area contributed by atoms with E-state index in [0.29, 0.717) is 12.6 Å². The van der Waals surface area contributed by atoms with Crippen LogP contribution in [0.25, 0.3) is 0 Å². The second-order valence-electron chi connectivity index (χ2n) is 4.31. The zero-order chi connectivity index (χ0) is 14.4. The molecule has 20 heavy (non-hydrogen) atoms. The molecule has 0 aliphatic carbocycles. The number of nitrogens with zero attached hydrogens (tertiary/aromatic N) is 3. The van der Waals surface area contributed by atoms with Crippen LogP contribution in [0.3, 0.4) is 0 Å². The maximum absolute atomic E-state index is 5.83. The van der Waals surface area contributed by atoms with Gasteiger partial charge in [-0.2, -0.15) is 15.0 Å². The summed E-state index contributed by atoms with van der Waals surface area (Å²) in [6.07, 6.45) is 3.41. The van der Waals surface area contributed by atoms with E-state index in [1.165, 1.54) is 0 Å². The van der Waals surface area contributed by atoms with E-state index in [2.05, 4.69) is 20.3 Å². The van der Waals surface area contributed by atoms with Gasteiger partial charge < -0.3 is 14.5 Å². The van der Waals surface area contributed by atoms with E-state index in [0.717, 1.165) is 18.6 Å². The molecule has 0 saturated carbocycles. The molecule has 0 radical (unpaired) electrons. The number of halogens is 1. The highest BCUT2D eigenvalue weighted by Crippen LogP contribution is 2.14. The molecule has 2 heterocycles. The van der Waals surface area contributed by atoms with E-state index in [-0.39, 0.29) is 17.3 Å². The summed E-state index contributed by atoms with van der Waals surface area (Å²) in [4.78, 5) is 12.1. The van der Waals surface area contributed by atoms with Crippen LogP contribution in [0.2, 0.25) is 5.28 Å². The molecule has 7 heteroatoms. The molecule has 0 aliphatic rings. The van der Waals surface area contributed by atoms with Gasteiger partial charge in [0, 0.05) is 12.5 Å². The molecule has 0 spiro atoms. The fraction of sp³-hybridized carbons (Fsp3) is 0.462. The number of aromatic nitrogens is 3. The first-order valence-corrected chi connectivity index (χ1v) is 6.88. The molecule has 2 aromatic rings. The fourth-order valence-corrected chi connectivity index (χ4v) is 1.85. The summed E-state index contributed by atoms with van der Waals surface area (Å²) in [6.45, 7) is 4.38. The molecule has 2 aromatic heterocycles. The van der Waals surface area contributed by atoms with Crippen molar-refractivity contribution in [2.24, 2.45) is 0 Å². The highest BCUT2D eigenvalue weighted by atomic mass is 35.5. The molecule has 6 nitrogen and oxygen atoms in total. The van der Waals surface area contributed by atoms with Crippen LogP contribution in [0.4, 0.5) is 5.95 Å². The lowest BCUT2D eigenvalue weighted by atomic mass is 10.1. The van der Waals surface area contributed by atoms with Crippen LogP contribution in [0, 0.1) is 0 Å². The Morgan fingerprint density at radius 1 is 1.40 bits per heavy atom. The average molecular weight is 297 g/mol. The van der Waals surface area contributed by atoms with E-state index in [9.17, 15) is 0 Å². The smallest absolute Gasteiger partial charge is 0.322 e. The number of hydrogen-bond donors (Lipinski definition) is 1. The van der Waals surface area contributed by atoms with Crippen LogP contribution >= 0.6 is 11.6 Å². The van der Waals surface area contributed by atoms with Crippen LogP contribution in [0.1, 0.15) is 26.0 Å². The van der Waals surface area contributed by atoms with Gasteiger partial charge in [-0.1, -0.05) is 0 Å². The largest absolute Gasteiger partial charge is 0.469 e. The molecule has 0 amide bonds. The quantitative estimate of drug-likeness (QED) is 0.847. The molecule has 1 atom stereocenters. The van der Waals surface area contributed by atoms with Crippen molar-refractivity contribution in [1.29, 1.82) is 0 Å². The monoisotopic (exact) mass is 296 g/mol. The molecule has 108 valence electrons. The first-order chi connectivity index (χ1) is 9.67. The van der Waals surface area contributed by atoms with Gasteiger partial charge in [0.2, 0.25) is 11.2 Å². The molecule has 0 aromatic carbocycles. The molecule has 1 unspecified atom stereocenters. The van der Waals surface area contributed by atoms with Gasteiger partial charge >= 0.3 is 6.01 Å². The van der Waals surface area contributed by atoms with Crippen molar-refractivity contribution in [1.82, 2.24) is 15.0 Å². The Kier molecular flexibility index (Phi) is 5.17. The number of ether oxygens (including phenoxy) is 1. The van der Waals surface area contributed by atoms with Gasteiger partial charge in [-0.15, -0.1) is 0 Å². The normalized spacial score (nSPS) is 12.2. The Bertz CT molecular complexity index is 533. The maximum atomic E-state index is 5.83. The van der Waals surface area contributed by atoms with Crippen LogP contribution < -0.4 is 10.1 Å². The summed E-state index contributed by atoms with van der Waals surface area (Å²) in [5, 5.41) is 3.29. The summed E-state index contributed by atoms with van der Waals surface area (Å²) in [5.74, 6) is 1.38. The molecular weight excluding hydrogens is 280 g/mol. The van der Waals surface area contributed by atoms with Gasteiger partial charge in [-0.05, 0) is 44.0 Å². The first-order valence-electron chi connectivity index (χ1n) is 6.50. The summed E-state index contributed by atoms with van der Waals surface area (Å²) in [5.41, 5.74) is 0. The van der Waals surface area contributed by atoms with Crippen molar-refractivity contribution in [3.63, 3.8) is 0 Å². The van der Waals surface area contributed by atoms with Crippen LogP contribution in [-0.2, 0) is 6.42 Å². The predicted molar refractivity (Wildman–Crippen MR) is 76.1 cm³/mol. The lowest BCUT2D eigenvalue weighted by Crippen LogP contribution is -2.18. The number of furan rings is 1. The number of hydrogen-bond acceptors (Lipinski definition) is 6. The summed E-state index contributed by atoms with van der Waals surface area (Å²) in [7, 11) is 0. The van der Waals surface area contributed by atoms with E-state index in [1.807, 2.05) is 26.0 Å². The minimum Gasteiger partial charge on any atom is -0.469 e. The Morgan fingerprint density at radius 3 is 2.95 bits per heavy atom. The van der Waals surface area contributed by atoms with Gasteiger partial charge in [0.25, 0.3) is 0 Å². The third kappa shape index (κ3) is 4.38. The van der Waals surface area contributed by atoms with Crippen molar-refractivity contribution in [2.45, 2.75) is 32.7 Å². The minimum atomic E-state index is 0.115. The van der Waals surface area contributed by atoms with Gasteiger partial charge in [0.05, 0.1) is 12.9 Å². The summed E-state index contributed by atoms with van der Waals surface area (Å²) < 4.78 is 10.5. The first kappa shape index (κ1) is 14.6. The van der Waals surface area contributed by atoms with Crippen LogP contribution in [0.15, 0.2) is 22.8 Å². The Labute approximate surface area is 122 Å². The molecule has 0 fully saturated rings. The summed E-state index contributed by atoms with van der Waals surface area (Å²) in [6, 6.07) is 4.24. The van der Waals surface area contributed by atoms with Crippen LogP contribution in [-0.4, -0.2) is 27.6 Å². The van der Waals surface area contributed by atoms with E-state index < -0.39 is 0 Å². The standard InChI is InChI=1S/C13H17ClN4O2/c1-3-19-13-17-11(14)16-12(18-13)15-9(2)6-7-10-5-4-8-20-10/h4-5,8-9H,3,6-7H2,1-2H3,(H,15,16,17,18). The van der Waals surface area contributed by atoms with Crippen molar-refractivity contribution < 1.29 is 9.15 Å². The zero-order valence-electron chi connectivity index (χ0n) is 11.5. The van der Waals surface area contributed by atoms with E-state index in [4.69, 9.17) is 20.8 Å². The van der Waals surface area contributed by atoms with Gasteiger partial charge in [-0.25, -0.2) is 0 Å². The molecule has 0 saturated heterocycles. The SMILES string of the molecule is CCOc1nc(Cl)nc(NC(C)CCc2ccco2)n1. The third-order valence-electron chi connectivity index (χ3n) is 2.64. The van der Waals surface area contributed by atoms with Gasteiger partial charge in [0.1, 0.15) is 5.76 Å². The maximum Gasteiger partial charge on any atom is 0.322 e. The Hall–Kier alpha value is -1.82. The van der Waals surface area contributed by atoms with Crippen molar-refractivity contribution in [3.05, 3.63) is 29.4 Å². The number of aryl methyl sites for hydroxylation is 1. The summed E-state index contributed by atoms with van der Waals surface area (Å²) >= 11 is 5.83. The van der Waals surface area contributed by atoms with Gasteiger partial charge in [-0.3, -0.25) is 0 Å². The average Bonchev–Trinajstić information content (AvgIpc) is 2.89.